The SMILES string of the molecule is C=CCn1c(C#N)cc2ccccc21. The Kier molecular flexibility index (Phi) is 2.08. The average Bonchev–Trinajstić information content (AvgIpc) is 2.58. The van der Waals surface area contributed by atoms with Crippen molar-refractivity contribution in [1.82, 2.24) is 4.57 Å². The number of hydrogen-bond acceptors (Lipinski definition) is 1. The molecule has 0 aliphatic carbocycles. The van der Waals surface area contributed by atoms with E-state index < -0.39 is 0 Å². The second-order valence-electron chi connectivity index (χ2n) is 3.10. The van der Waals surface area contributed by atoms with Gasteiger partial charge in [0.1, 0.15) is 11.8 Å². The highest BCUT2D eigenvalue weighted by atomic mass is 15.0. The van der Waals surface area contributed by atoms with Gasteiger partial charge in [0, 0.05) is 17.4 Å². The molecule has 2 aromatic rings. The van der Waals surface area contributed by atoms with Gasteiger partial charge in [-0.25, -0.2) is 0 Å². The Bertz CT molecular complexity index is 515. The molecule has 0 saturated heterocycles. The molecule has 0 amide bonds. The Balaban J connectivity index is 2.75. The van der Waals surface area contributed by atoms with Crippen molar-refractivity contribution < 1.29 is 0 Å². The quantitative estimate of drug-likeness (QED) is 0.656. The second kappa shape index (κ2) is 3.39. The smallest absolute Gasteiger partial charge is 0.121 e. The van der Waals surface area contributed by atoms with Crippen LogP contribution >= 0.6 is 0 Å². The summed E-state index contributed by atoms with van der Waals surface area (Å²) in [6.45, 7) is 4.36. The van der Waals surface area contributed by atoms with Crippen molar-refractivity contribution in [1.29, 1.82) is 5.26 Å². The summed E-state index contributed by atoms with van der Waals surface area (Å²) in [5, 5.41) is 10.0. The van der Waals surface area contributed by atoms with Gasteiger partial charge in [0.15, 0.2) is 0 Å². The van der Waals surface area contributed by atoms with E-state index in [9.17, 15) is 0 Å². The van der Waals surface area contributed by atoms with Crippen LogP contribution in [0.5, 0.6) is 0 Å². The number of hydrogen-bond donors (Lipinski definition) is 0. The van der Waals surface area contributed by atoms with Crippen LogP contribution in [0, 0.1) is 11.3 Å². The van der Waals surface area contributed by atoms with E-state index in [4.69, 9.17) is 5.26 Å². The summed E-state index contributed by atoms with van der Waals surface area (Å²) in [6, 6.07) is 12.1. The number of benzene rings is 1. The van der Waals surface area contributed by atoms with E-state index in [-0.39, 0.29) is 0 Å². The zero-order valence-electron chi connectivity index (χ0n) is 7.77. The van der Waals surface area contributed by atoms with E-state index >= 15 is 0 Å². The van der Waals surface area contributed by atoms with E-state index in [1.54, 1.807) is 6.08 Å². The van der Waals surface area contributed by atoms with Gasteiger partial charge in [0.2, 0.25) is 0 Å². The maximum atomic E-state index is 8.94. The molecule has 1 aromatic carbocycles. The molecule has 0 fully saturated rings. The molecule has 0 spiro atoms. The fourth-order valence-electron chi connectivity index (χ4n) is 1.63. The Morgan fingerprint density at radius 1 is 1.43 bits per heavy atom. The Morgan fingerprint density at radius 3 is 2.93 bits per heavy atom. The number of aromatic nitrogens is 1. The minimum atomic E-state index is 0.677. The maximum absolute atomic E-state index is 8.94. The second-order valence-corrected chi connectivity index (χ2v) is 3.10. The summed E-state index contributed by atoms with van der Waals surface area (Å²) < 4.78 is 1.96. The molecule has 1 heterocycles. The normalized spacial score (nSPS) is 9.93. The van der Waals surface area contributed by atoms with Crippen LogP contribution in [-0.2, 0) is 6.54 Å². The standard InChI is InChI=1S/C12H10N2/c1-2-7-14-11(9-13)8-10-5-3-4-6-12(10)14/h2-6,8H,1,7H2. The molecule has 0 saturated carbocycles. The van der Waals surface area contributed by atoms with E-state index in [0.29, 0.717) is 12.2 Å². The molecule has 0 unspecified atom stereocenters. The van der Waals surface area contributed by atoms with Crippen molar-refractivity contribution in [3.05, 3.63) is 48.7 Å². The molecule has 0 aliphatic heterocycles. The summed E-state index contributed by atoms with van der Waals surface area (Å²) in [5.41, 5.74) is 1.77. The predicted molar refractivity (Wildman–Crippen MR) is 56.9 cm³/mol. The van der Waals surface area contributed by atoms with E-state index in [0.717, 1.165) is 10.9 Å². The van der Waals surface area contributed by atoms with Gasteiger partial charge in [0.25, 0.3) is 0 Å². The highest BCUT2D eigenvalue weighted by molar-refractivity contribution is 5.82. The first-order valence-electron chi connectivity index (χ1n) is 4.46. The third-order valence-corrected chi connectivity index (χ3v) is 2.24. The zero-order valence-corrected chi connectivity index (χ0v) is 7.77. The van der Waals surface area contributed by atoms with Crippen molar-refractivity contribution in [2.24, 2.45) is 0 Å². The molecule has 0 atom stereocenters. The molecule has 0 radical (unpaired) electrons. The van der Waals surface area contributed by atoms with Gasteiger partial charge < -0.3 is 4.57 Å². The highest BCUT2D eigenvalue weighted by Crippen LogP contribution is 2.18. The van der Waals surface area contributed by atoms with Crippen LogP contribution in [0.3, 0.4) is 0 Å². The summed E-state index contributed by atoms with van der Waals surface area (Å²) >= 11 is 0. The van der Waals surface area contributed by atoms with Crippen LogP contribution < -0.4 is 0 Å². The van der Waals surface area contributed by atoms with Crippen LogP contribution in [0.25, 0.3) is 10.9 Å². The monoisotopic (exact) mass is 182 g/mol. The largest absolute Gasteiger partial charge is 0.328 e. The van der Waals surface area contributed by atoms with Crippen molar-refractivity contribution in [2.45, 2.75) is 6.54 Å². The van der Waals surface area contributed by atoms with Crippen molar-refractivity contribution >= 4 is 10.9 Å². The lowest BCUT2D eigenvalue weighted by molar-refractivity contribution is 0.850. The summed E-state index contributed by atoms with van der Waals surface area (Å²) in [7, 11) is 0. The van der Waals surface area contributed by atoms with Gasteiger partial charge in [0.05, 0.1) is 0 Å². The molecule has 2 nitrogen and oxygen atoms in total. The predicted octanol–water partition coefficient (Wildman–Crippen LogP) is 2.70. The molecule has 2 rings (SSSR count). The highest BCUT2D eigenvalue weighted by Gasteiger charge is 2.05. The number of allylic oxidation sites excluding steroid dienone is 1. The van der Waals surface area contributed by atoms with E-state index in [2.05, 4.69) is 12.6 Å². The molecular formula is C12H10N2. The van der Waals surface area contributed by atoms with Gasteiger partial charge in [-0.15, -0.1) is 6.58 Å². The van der Waals surface area contributed by atoms with Crippen LogP contribution in [0.4, 0.5) is 0 Å². The van der Waals surface area contributed by atoms with Gasteiger partial charge in [-0.3, -0.25) is 0 Å². The topological polar surface area (TPSA) is 28.7 Å². The van der Waals surface area contributed by atoms with Crippen molar-refractivity contribution in [3.8, 4) is 6.07 Å². The van der Waals surface area contributed by atoms with Crippen molar-refractivity contribution in [2.75, 3.05) is 0 Å². The van der Waals surface area contributed by atoms with Crippen LogP contribution in [0.15, 0.2) is 43.0 Å². The number of para-hydroxylation sites is 1. The van der Waals surface area contributed by atoms with Crippen LogP contribution in [0.2, 0.25) is 0 Å². The Hall–Kier alpha value is -2.01. The van der Waals surface area contributed by atoms with Crippen LogP contribution in [0.1, 0.15) is 5.69 Å². The van der Waals surface area contributed by atoms with Gasteiger partial charge >= 0.3 is 0 Å². The fraction of sp³-hybridized carbons (Fsp3) is 0.0833. The number of nitrogens with zero attached hydrogens (tertiary/aromatic N) is 2. The van der Waals surface area contributed by atoms with Gasteiger partial charge in [-0.05, 0) is 12.1 Å². The first kappa shape index (κ1) is 8.58. The molecule has 2 heteroatoms. The third-order valence-electron chi connectivity index (χ3n) is 2.24. The number of nitriles is 1. The summed E-state index contributed by atoms with van der Waals surface area (Å²) in [6.07, 6.45) is 1.80. The molecular weight excluding hydrogens is 172 g/mol. The van der Waals surface area contributed by atoms with Crippen molar-refractivity contribution in [3.63, 3.8) is 0 Å². The van der Waals surface area contributed by atoms with Crippen LogP contribution in [-0.4, -0.2) is 4.57 Å². The Morgan fingerprint density at radius 2 is 2.21 bits per heavy atom. The van der Waals surface area contributed by atoms with Gasteiger partial charge in [-0.2, -0.15) is 5.26 Å². The zero-order chi connectivity index (χ0) is 9.97. The first-order valence-corrected chi connectivity index (χ1v) is 4.46. The van der Waals surface area contributed by atoms with E-state index in [1.807, 2.05) is 34.9 Å². The third kappa shape index (κ3) is 1.20. The van der Waals surface area contributed by atoms with E-state index in [1.165, 1.54) is 0 Å². The molecule has 68 valence electrons. The lowest BCUT2D eigenvalue weighted by Crippen LogP contribution is -1.96. The first-order chi connectivity index (χ1) is 6.86. The minimum Gasteiger partial charge on any atom is -0.328 e. The average molecular weight is 182 g/mol. The maximum Gasteiger partial charge on any atom is 0.121 e. The Labute approximate surface area is 82.7 Å². The lowest BCUT2D eigenvalue weighted by atomic mass is 10.2. The molecule has 14 heavy (non-hydrogen) atoms. The lowest BCUT2D eigenvalue weighted by Gasteiger charge is -2.01. The van der Waals surface area contributed by atoms with Gasteiger partial charge in [-0.1, -0.05) is 24.3 Å². The summed E-state index contributed by atoms with van der Waals surface area (Å²) in [5.74, 6) is 0. The fourth-order valence-corrected chi connectivity index (χ4v) is 1.63. The molecule has 0 N–H and O–H groups in total. The number of fused-ring (bicyclic) bond motifs is 1. The molecule has 0 aliphatic rings. The molecule has 1 aromatic heterocycles. The minimum absolute atomic E-state index is 0.677. The molecule has 0 bridgehead atoms. The number of rotatable bonds is 2. The summed E-state index contributed by atoms with van der Waals surface area (Å²) in [4.78, 5) is 0.